The van der Waals surface area contributed by atoms with Crippen molar-refractivity contribution in [3.8, 4) is 5.75 Å². The molecule has 2 saturated heterocycles. The van der Waals surface area contributed by atoms with Crippen LogP contribution in [-0.2, 0) is 0 Å². The summed E-state index contributed by atoms with van der Waals surface area (Å²) in [6.07, 6.45) is 2.21. The van der Waals surface area contributed by atoms with E-state index in [4.69, 9.17) is 4.74 Å². The molecule has 2 fully saturated rings. The molecule has 1 aromatic carbocycles. The number of rotatable bonds is 6. The number of ether oxygens (including phenoxy) is 1. The van der Waals surface area contributed by atoms with Crippen molar-refractivity contribution in [1.82, 2.24) is 9.80 Å². The number of nitro benzene ring substituents is 1. The van der Waals surface area contributed by atoms with Crippen molar-refractivity contribution >= 4 is 11.4 Å². The molecule has 0 radical (unpaired) electrons. The third-order valence-corrected chi connectivity index (χ3v) is 5.51. The molecule has 8 heteroatoms. The van der Waals surface area contributed by atoms with Gasteiger partial charge in [-0.2, -0.15) is 0 Å². The lowest BCUT2D eigenvalue weighted by atomic mass is 10.0. The van der Waals surface area contributed by atoms with E-state index in [1.54, 1.807) is 12.1 Å². The number of anilines is 1. The smallest absolute Gasteiger partial charge is 0.311 e. The van der Waals surface area contributed by atoms with Crippen LogP contribution in [0.25, 0.3) is 0 Å². The Kier molecular flexibility index (Phi) is 6.26. The van der Waals surface area contributed by atoms with E-state index in [0.717, 1.165) is 57.8 Å². The first-order valence-corrected chi connectivity index (χ1v) is 9.22. The van der Waals surface area contributed by atoms with Crippen LogP contribution in [0.2, 0.25) is 0 Å². The normalized spacial score (nSPS) is 20.3. The number of hydrogen-bond acceptors (Lipinski definition) is 6. The van der Waals surface area contributed by atoms with Crippen LogP contribution in [0.4, 0.5) is 15.8 Å². The standard InChI is InChI=1S/C18H27FN4O3/c1-26-18-14-16(2-3-17(18)23(24)25)22-12-10-21(11-13-22)15-4-7-20(8-5-15)9-6-19/h2-3,14-15H,4-13H2,1H3. The topological polar surface area (TPSA) is 62.1 Å². The van der Waals surface area contributed by atoms with Crippen LogP contribution >= 0.6 is 0 Å². The number of alkyl halides is 1. The molecule has 0 amide bonds. The van der Waals surface area contributed by atoms with Gasteiger partial charge >= 0.3 is 5.69 Å². The number of hydrogen-bond donors (Lipinski definition) is 0. The second-order valence-electron chi connectivity index (χ2n) is 6.90. The second-order valence-corrected chi connectivity index (χ2v) is 6.90. The van der Waals surface area contributed by atoms with Crippen LogP contribution in [0.15, 0.2) is 18.2 Å². The van der Waals surface area contributed by atoms with E-state index in [1.165, 1.54) is 13.2 Å². The monoisotopic (exact) mass is 366 g/mol. The minimum Gasteiger partial charge on any atom is -0.490 e. The van der Waals surface area contributed by atoms with Gasteiger partial charge in [0, 0.05) is 56.6 Å². The maximum absolute atomic E-state index is 12.5. The van der Waals surface area contributed by atoms with E-state index in [1.807, 2.05) is 0 Å². The molecule has 2 aliphatic heterocycles. The molecule has 7 nitrogen and oxygen atoms in total. The van der Waals surface area contributed by atoms with Gasteiger partial charge in [-0.25, -0.2) is 4.39 Å². The Bertz CT molecular complexity index is 614. The fourth-order valence-corrected chi connectivity index (χ4v) is 3.99. The fraction of sp³-hybridized carbons (Fsp3) is 0.667. The van der Waals surface area contributed by atoms with Crippen LogP contribution in [-0.4, -0.2) is 80.4 Å². The van der Waals surface area contributed by atoms with Crippen molar-refractivity contribution in [3.05, 3.63) is 28.3 Å². The van der Waals surface area contributed by atoms with Gasteiger partial charge in [0.25, 0.3) is 0 Å². The zero-order valence-corrected chi connectivity index (χ0v) is 15.3. The highest BCUT2D eigenvalue weighted by molar-refractivity contribution is 5.59. The van der Waals surface area contributed by atoms with E-state index >= 15 is 0 Å². The van der Waals surface area contributed by atoms with Gasteiger partial charge in [-0.05, 0) is 32.0 Å². The maximum atomic E-state index is 12.5. The number of nitrogens with zero attached hydrogens (tertiary/aromatic N) is 4. The van der Waals surface area contributed by atoms with Crippen LogP contribution in [0.1, 0.15) is 12.8 Å². The molecule has 0 saturated carbocycles. The van der Waals surface area contributed by atoms with E-state index in [0.29, 0.717) is 18.3 Å². The number of piperidine rings is 1. The fourth-order valence-electron chi connectivity index (χ4n) is 3.99. The summed E-state index contributed by atoms with van der Waals surface area (Å²) in [6.45, 7) is 6.00. The SMILES string of the molecule is COc1cc(N2CCN(C3CCN(CCF)CC3)CC2)ccc1[N+](=O)[O-]. The molecule has 3 rings (SSSR count). The molecule has 0 spiro atoms. The Balaban J connectivity index is 1.55. The highest BCUT2D eigenvalue weighted by Gasteiger charge is 2.28. The Morgan fingerprint density at radius 3 is 2.46 bits per heavy atom. The highest BCUT2D eigenvalue weighted by atomic mass is 19.1. The van der Waals surface area contributed by atoms with Gasteiger partial charge in [-0.1, -0.05) is 0 Å². The Hall–Kier alpha value is -1.93. The summed E-state index contributed by atoms with van der Waals surface area (Å²) in [6, 6.07) is 5.65. The highest BCUT2D eigenvalue weighted by Crippen LogP contribution is 2.32. The number of halogens is 1. The average Bonchev–Trinajstić information content (AvgIpc) is 2.68. The van der Waals surface area contributed by atoms with Gasteiger partial charge < -0.3 is 14.5 Å². The minimum absolute atomic E-state index is 0.00470. The molecule has 0 atom stereocenters. The van der Waals surface area contributed by atoms with E-state index in [-0.39, 0.29) is 12.4 Å². The number of nitro groups is 1. The van der Waals surface area contributed by atoms with Gasteiger partial charge in [0.1, 0.15) is 6.67 Å². The molecular weight excluding hydrogens is 339 g/mol. The molecule has 144 valence electrons. The van der Waals surface area contributed by atoms with E-state index in [9.17, 15) is 14.5 Å². The number of likely N-dealkylation sites (tertiary alicyclic amines) is 1. The number of piperazine rings is 1. The number of benzene rings is 1. The van der Waals surface area contributed by atoms with Crippen molar-refractivity contribution in [2.75, 3.05) is 64.5 Å². The molecule has 0 aromatic heterocycles. The van der Waals surface area contributed by atoms with E-state index in [2.05, 4.69) is 14.7 Å². The summed E-state index contributed by atoms with van der Waals surface area (Å²) in [5.74, 6) is 0.301. The Labute approximate surface area is 153 Å². The first-order valence-electron chi connectivity index (χ1n) is 9.22. The molecular formula is C18H27FN4O3. The molecule has 0 aliphatic carbocycles. The molecule has 2 aliphatic rings. The van der Waals surface area contributed by atoms with Gasteiger partial charge in [-0.15, -0.1) is 0 Å². The number of methoxy groups -OCH3 is 1. The van der Waals surface area contributed by atoms with Crippen LogP contribution < -0.4 is 9.64 Å². The van der Waals surface area contributed by atoms with Crippen molar-refractivity contribution < 1.29 is 14.1 Å². The first kappa shape index (κ1) is 18.8. The predicted octanol–water partition coefficient (Wildman–Crippen LogP) is 2.16. The summed E-state index contributed by atoms with van der Waals surface area (Å²) in [7, 11) is 1.46. The quantitative estimate of drug-likeness (QED) is 0.568. The Morgan fingerprint density at radius 1 is 1.19 bits per heavy atom. The van der Waals surface area contributed by atoms with Crippen molar-refractivity contribution in [3.63, 3.8) is 0 Å². The lowest BCUT2D eigenvalue weighted by molar-refractivity contribution is -0.385. The lowest BCUT2D eigenvalue weighted by Gasteiger charge is -2.43. The largest absolute Gasteiger partial charge is 0.490 e. The van der Waals surface area contributed by atoms with Crippen molar-refractivity contribution in [1.29, 1.82) is 0 Å². The molecule has 0 bridgehead atoms. The molecule has 0 N–H and O–H groups in total. The molecule has 1 aromatic rings. The van der Waals surface area contributed by atoms with Crippen molar-refractivity contribution in [2.45, 2.75) is 18.9 Å². The van der Waals surface area contributed by atoms with Crippen LogP contribution in [0, 0.1) is 10.1 Å². The summed E-state index contributed by atoms with van der Waals surface area (Å²) < 4.78 is 17.6. The zero-order chi connectivity index (χ0) is 18.5. The van der Waals surface area contributed by atoms with Crippen LogP contribution in [0.5, 0.6) is 5.75 Å². The van der Waals surface area contributed by atoms with Gasteiger partial charge in [0.2, 0.25) is 0 Å². The first-order chi connectivity index (χ1) is 12.6. The zero-order valence-electron chi connectivity index (χ0n) is 15.3. The second kappa shape index (κ2) is 8.64. The Morgan fingerprint density at radius 2 is 1.88 bits per heavy atom. The summed E-state index contributed by atoms with van der Waals surface area (Å²) in [5.41, 5.74) is 0.958. The third kappa shape index (κ3) is 4.24. The predicted molar refractivity (Wildman–Crippen MR) is 98.9 cm³/mol. The summed E-state index contributed by atoms with van der Waals surface area (Å²) in [4.78, 5) is 17.6. The molecule has 26 heavy (non-hydrogen) atoms. The van der Waals surface area contributed by atoms with E-state index < -0.39 is 4.92 Å². The summed E-state index contributed by atoms with van der Waals surface area (Å²) in [5, 5.41) is 11.0. The third-order valence-electron chi connectivity index (χ3n) is 5.51. The maximum Gasteiger partial charge on any atom is 0.311 e. The van der Waals surface area contributed by atoms with Gasteiger partial charge in [0.15, 0.2) is 5.75 Å². The van der Waals surface area contributed by atoms with Crippen molar-refractivity contribution in [2.24, 2.45) is 0 Å². The van der Waals surface area contributed by atoms with Crippen LogP contribution in [0.3, 0.4) is 0 Å². The lowest BCUT2D eigenvalue weighted by Crippen LogP contribution is -2.53. The molecule has 0 unspecified atom stereocenters. The van der Waals surface area contributed by atoms with Gasteiger partial charge in [0.05, 0.1) is 12.0 Å². The molecule has 2 heterocycles. The average molecular weight is 366 g/mol. The van der Waals surface area contributed by atoms with Gasteiger partial charge in [-0.3, -0.25) is 15.0 Å². The minimum atomic E-state index is -0.421. The summed E-state index contributed by atoms with van der Waals surface area (Å²) >= 11 is 0.